The number of fused-ring (bicyclic) bond motifs is 5. The third kappa shape index (κ3) is 1.32. The van der Waals surface area contributed by atoms with Crippen LogP contribution in [0.5, 0.6) is 0 Å². The van der Waals surface area contributed by atoms with Gasteiger partial charge < -0.3 is 0 Å². The molecule has 1 aromatic rings. The van der Waals surface area contributed by atoms with Gasteiger partial charge in [-0.15, -0.1) is 0 Å². The largest absolute Gasteiger partial charge is 0.274 e. The number of amides is 2. The Bertz CT molecular complexity index is 640. The van der Waals surface area contributed by atoms with Crippen LogP contribution in [0.25, 0.3) is 0 Å². The summed E-state index contributed by atoms with van der Waals surface area (Å²) in [4.78, 5) is 25.7. The first-order valence-electron chi connectivity index (χ1n) is 6.59. The molecule has 4 rings (SSSR count). The molecule has 1 aromatic carbocycles. The zero-order chi connectivity index (χ0) is 14.0. The van der Waals surface area contributed by atoms with E-state index < -0.39 is 35.3 Å². The highest BCUT2D eigenvalue weighted by molar-refractivity contribution is 6.22. The number of allylic oxidation sites excluding steroid dienone is 2. The zero-order valence-electron chi connectivity index (χ0n) is 10.4. The van der Waals surface area contributed by atoms with E-state index in [1.165, 1.54) is 0 Å². The van der Waals surface area contributed by atoms with E-state index in [9.17, 15) is 18.4 Å². The molecule has 2 fully saturated rings. The van der Waals surface area contributed by atoms with Gasteiger partial charge in [0.25, 0.3) is 0 Å². The van der Waals surface area contributed by atoms with Crippen molar-refractivity contribution in [1.82, 2.24) is 0 Å². The third-order valence-electron chi connectivity index (χ3n) is 4.62. The van der Waals surface area contributed by atoms with Crippen LogP contribution in [0.2, 0.25) is 0 Å². The fraction of sp³-hybridized carbons (Fsp3) is 0.333. The maximum Gasteiger partial charge on any atom is 0.238 e. The topological polar surface area (TPSA) is 37.4 Å². The average Bonchev–Trinajstić information content (AvgIpc) is 3.08. The van der Waals surface area contributed by atoms with Gasteiger partial charge in [-0.2, -0.15) is 0 Å². The van der Waals surface area contributed by atoms with Crippen LogP contribution in [0.15, 0.2) is 30.4 Å². The van der Waals surface area contributed by atoms with Crippen molar-refractivity contribution >= 4 is 17.5 Å². The molecule has 4 atom stereocenters. The molecule has 1 saturated carbocycles. The Morgan fingerprint density at radius 2 is 1.60 bits per heavy atom. The molecule has 0 unspecified atom stereocenters. The van der Waals surface area contributed by atoms with Gasteiger partial charge in [-0.05, 0) is 30.4 Å². The molecular weight excluding hydrogens is 264 g/mol. The summed E-state index contributed by atoms with van der Waals surface area (Å²) in [5, 5.41) is 0. The zero-order valence-corrected chi connectivity index (χ0v) is 10.4. The van der Waals surface area contributed by atoms with E-state index in [0.29, 0.717) is 0 Å². The predicted octanol–water partition coefficient (Wildman–Crippen LogP) is 2.28. The van der Waals surface area contributed by atoms with E-state index in [1.807, 2.05) is 12.2 Å². The van der Waals surface area contributed by atoms with Gasteiger partial charge in [0.2, 0.25) is 11.8 Å². The molecule has 0 aromatic heterocycles. The molecule has 0 N–H and O–H groups in total. The molecule has 0 spiro atoms. The van der Waals surface area contributed by atoms with Crippen LogP contribution < -0.4 is 4.90 Å². The monoisotopic (exact) mass is 275 g/mol. The van der Waals surface area contributed by atoms with Gasteiger partial charge in [0, 0.05) is 6.07 Å². The number of hydrogen-bond acceptors (Lipinski definition) is 2. The van der Waals surface area contributed by atoms with Gasteiger partial charge >= 0.3 is 0 Å². The molecule has 3 aliphatic rings. The summed E-state index contributed by atoms with van der Waals surface area (Å²) in [7, 11) is 0. The van der Waals surface area contributed by atoms with E-state index in [1.54, 1.807) is 0 Å². The van der Waals surface area contributed by atoms with Crippen molar-refractivity contribution in [2.24, 2.45) is 23.7 Å². The number of anilines is 1. The van der Waals surface area contributed by atoms with Crippen molar-refractivity contribution in [2.75, 3.05) is 4.90 Å². The lowest BCUT2D eigenvalue weighted by Gasteiger charge is -2.17. The van der Waals surface area contributed by atoms with Gasteiger partial charge in [-0.25, -0.2) is 13.7 Å². The number of halogens is 2. The highest BCUT2D eigenvalue weighted by Gasteiger charge is 2.59. The Balaban J connectivity index is 1.80. The Hall–Kier alpha value is -2.04. The molecule has 102 valence electrons. The van der Waals surface area contributed by atoms with Crippen molar-refractivity contribution in [3.05, 3.63) is 42.0 Å². The Morgan fingerprint density at radius 3 is 2.20 bits per heavy atom. The second-order valence-corrected chi connectivity index (χ2v) is 5.61. The second kappa shape index (κ2) is 3.75. The summed E-state index contributed by atoms with van der Waals surface area (Å²) >= 11 is 0. The van der Waals surface area contributed by atoms with Crippen molar-refractivity contribution in [3.63, 3.8) is 0 Å². The minimum atomic E-state index is -0.756. The van der Waals surface area contributed by atoms with Crippen LogP contribution in [-0.4, -0.2) is 11.8 Å². The summed E-state index contributed by atoms with van der Waals surface area (Å²) in [6.07, 6.45) is 4.73. The lowest BCUT2D eigenvalue weighted by atomic mass is 9.85. The van der Waals surface area contributed by atoms with E-state index in [0.717, 1.165) is 29.5 Å². The molecule has 0 radical (unpaired) electrons. The molecular formula is C15H11F2NO2. The molecule has 5 heteroatoms. The van der Waals surface area contributed by atoms with Gasteiger partial charge in [-0.1, -0.05) is 12.2 Å². The maximum atomic E-state index is 13.8. The lowest BCUT2D eigenvalue weighted by Crippen LogP contribution is -2.33. The predicted molar refractivity (Wildman–Crippen MR) is 66.6 cm³/mol. The van der Waals surface area contributed by atoms with Crippen molar-refractivity contribution in [1.29, 1.82) is 0 Å². The van der Waals surface area contributed by atoms with Crippen LogP contribution >= 0.6 is 0 Å². The van der Waals surface area contributed by atoms with Crippen LogP contribution in [0.1, 0.15) is 6.42 Å². The van der Waals surface area contributed by atoms with Crippen LogP contribution in [-0.2, 0) is 9.59 Å². The number of benzene rings is 1. The van der Waals surface area contributed by atoms with Crippen LogP contribution in [0.3, 0.4) is 0 Å². The Kier molecular flexibility index (Phi) is 2.20. The minimum absolute atomic E-state index is 0.0584. The van der Waals surface area contributed by atoms with Gasteiger partial charge in [0.15, 0.2) is 0 Å². The highest BCUT2D eigenvalue weighted by Crippen LogP contribution is 2.53. The van der Waals surface area contributed by atoms with E-state index in [-0.39, 0.29) is 17.5 Å². The quantitative estimate of drug-likeness (QED) is 0.582. The van der Waals surface area contributed by atoms with Gasteiger partial charge in [-0.3, -0.25) is 9.59 Å². The summed E-state index contributed by atoms with van der Waals surface area (Å²) in [6, 6.07) is 2.81. The number of carbonyl (C=O) groups excluding carboxylic acids is 2. The van der Waals surface area contributed by atoms with Gasteiger partial charge in [0.05, 0.1) is 17.5 Å². The van der Waals surface area contributed by atoms with E-state index in [2.05, 4.69) is 0 Å². The summed E-state index contributed by atoms with van der Waals surface area (Å²) in [5.74, 6) is -2.91. The molecule has 1 heterocycles. The van der Waals surface area contributed by atoms with Crippen molar-refractivity contribution in [2.45, 2.75) is 6.42 Å². The molecule has 2 aliphatic carbocycles. The van der Waals surface area contributed by atoms with Gasteiger partial charge in [0.1, 0.15) is 11.6 Å². The summed E-state index contributed by atoms with van der Waals surface area (Å²) in [5.41, 5.74) is -0.270. The molecule has 1 saturated heterocycles. The summed E-state index contributed by atoms with van der Waals surface area (Å²) < 4.78 is 27.1. The molecule has 3 nitrogen and oxygen atoms in total. The number of rotatable bonds is 1. The number of imide groups is 1. The molecule has 1 aliphatic heterocycles. The normalized spacial score (nSPS) is 34.2. The minimum Gasteiger partial charge on any atom is -0.274 e. The Labute approximate surface area is 113 Å². The van der Waals surface area contributed by atoms with Crippen LogP contribution in [0.4, 0.5) is 14.5 Å². The lowest BCUT2D eigenvalue weighted by molar-refractivity contribution is -0.123. The van der Waals surface area contributed by atoms with Crippen LogP contribution in [0, 0.1) is 35.3 Å². The second-order valence-electron chi connectivity index (χ2n) is 5.61. The fourth-order valence-corrected chi connectivity index (χ4v) is 3.80. The maximum absolute atomic E-state index is 13.8. The number of nitrogens with zero attached hydrogens (tertiary/aromatic N) is 1. The number of carbonyl (C=O) groups is 2. The van der Waals surface area contributed by atoms with E-state index in [4.69, 9.17) is 0 Å². The first kappa shape index (κ1) is 11.8. The fourth-order valence-electron chi connectivity index (χ4n) is 3.80. The number of hydrogen-bond donors (Lipinski definition) is 0. The highest BCUT2D eigenvalue weighted by atomic mass is 19.1. The Morgan fingerprint density at radius 1 is 1.00 bits per heavy atom. The molecule has 20 heavy (non-hydrogen) atoms. The SMILES string of the molecule is O=C1[C@H]2[C@H](C(=O)N1c1cc(F)ccc1F)[C@H]1C=C[C@H]2C1. The smallest absolute Gasteiger partial charge is 0.238 e. The third-order valence-corrected chi connectivity index (χ3v) is 4.62. The standard InChI is InChI=1S/C15H11F2NO2/c16-9-3-4-10(17)11(6-9)18-14(19)12-7-1-2-8(5-7)13(12)15(18)20/h1-4,6-8,12-13H,5H2/t7-,8-,12+,13+/m0/s1. The first-order chi connectivity index (χ1) is 9.58. The van der Waals surface area contributed by atoms with Crippen molar-refractivity contribution < 1.29 is 18.4 Å². The average molecular weight is 275 g/mol. The van der Waals surface area contributed by atoms with Crippen molar-refractivity contribution in [3.8, 4) is 0 Å². The summed E-state index contributed by atoms with van der Waals surface area (Å²) in [6.45, 7) is 0. The molecule has 2 amide bonds. The molecule has 2 bridgehead atoms. The first-order valence-corrected chi connectivity index (χ1v) is 6.59. The van der Waals surface area contributed by atoms with E-state index >= 15 is 0 Å².